The molecule has 4 aromatic rings. The van der Waals surface area contributed by atoms with Gasteiger partial charge in [-0.25, -0.2) is 4.79 Å². The highest BCUT2D eigenvalue weighted by molar-refractivity contribution is 5.93. The van der Waals surface area contributed by atoms with Gasteiger partial charge < -0.3 is 9.15 Å². The number of hydrogen-bond donors (Lipinski definition) is 0. The standard InChI is InChI=1S/C20H16N2O3/c1-24-20(23)18-12-11-17(25-18)19-15-9-5-6-10-16(15)21-22(19)13-14-7-3-2-4-8-14/h2-12H,13H2,1H3. The van der Waals surface area contributed by atoms with Crippen LogP contribution in [0.1, 0.15) is 16.1 Å². The largest absolute Gasteiger partial charge is 0.463 e. The minimum Gasteiger partial charge on any atom is -0.463 e. The first-order valence-corrected chi connectivity index (χ1v) is 7.94. The van der Waals surface area contributed by atoms with Crippen molar-refractivity contribution in [1.29, 1.82) is 0 Å². The number of fused-ring (bicyclic) bond motifs is 1. The zero-order valence-corrected chi connectivity index (χ0v) is 13.7. The molecule has 2 aromatic heterocycles. The normalized spacial score (nSPS) is 10.9. The van der Waals surface area contributed by atoms with Crippen molar-refractivity contribution in [2.45, 2.75) is 6.54 Å². The highest BCUT2D eigenvalue weighted by Crippen LogP contribution is 2.31. The Morgan fingerprint density at radius 2 is 1.80 bits per heavy atom. The van der Waals surface area contributed by atoms with Crippen LogP contribution in [-0.2, 0) is 11.3 Å². The molecule has 0 saturated heterocycles. The third kappa shape index (κ3) is 2.80. The molecule has 0 amide bonds. The summed E-state index contributed by atoms with van der Waals surface area (Å²) in [7, 11) is 1.33. The number of hydrogen-bond acceptors (Lipinski definition) is 4. The summed E-state index contributed by atoms with van der Waals surface area (Å²) in [5.74, 6) is 0.267. The predicted molar refractivity (Wildman–Crippen MR) is 94.3 cm³/mol. The second kappa shape index (κ2) is 6.28. The number of methoxy groups -OCH3 is 1. The van der Waals surface area contributed by atoms with Gasteiger partial charge in [-0.1, -0.05) is 48.5 Å². The number of esters is 1. The van der Waals surface area contributed by atoms with Crippen molar-refractivity contribution >= 4 is 16.9 Å². The molecular formula is C20H16N2O3. The summed E-state index contributed by atoms with van der Waals surface area (Å²) in [6.07, 6.45) is 0. The molecule has 0 atom stereocenters. The van der Waals surface area contributed by atoms with Crippen LogP contribution in [-0.4, -0.2) is 22.9 Å². The highest BCUT2D eigenvalue weighted by atomic mass is 16.5. The van der Waals surface area contributed by atoms with Gasteiger partial charge in [0.05, 0.1) is 19.2 Å². The first-order chi connectivity index (χ1) is 12.3. The van der Waals surface area contributed by atoms with Crippen LogP contribution in [0.25, 0.3) is 22.4 Å². The number of rotatable bonds is 4. The van der Waals surface area contributed by atoms with E-state index >= 15 is 0 Å². The molecule has 5 heteroatoms. The van der Waals surface area contributed by atoms with Crippen LogP contribution >= 0.6 is 0 Å². The third-order valence-electron chi connectivity index (χ3n) is 4.05. The van der Waals surface area contributed by atoms with E-state index in [1.54, 1.807) is 12.1 Å². The van der Waals surface area contributed by atoms with E-state index in [9.17, 15) is 4.79 Å². The summed E-state index contributed by atoms with van der Waals surface area (Å²) in [5, 5.41) is 5.68. The topological polar surface area (TPSA) is 57.3 Å². The van der Waals surface area contributed by atoms with Gasteiger partial charge in [-0.15, -0.1) is 0 Å². The average molecular weight is 332 g/mol. The molecule has 2 heterocycles. The molecule has 4 rings (SSSR count). The van der Waals surface area contributed by atoms with Gasteiger partial charge in [-0.3, -0.25) is 4.68 Å². The van der Waals surface area contributed by atoms with E-state index in [0.717, 1.165) is 22.2 Å². The van der Waals surface area contributed by atoms with Crippen LogP contribution in [0.4, 0.5) is 0 Å². The van der Waals surface area contributed by atoms with E-state index in [4.69, 9.17) is 14.3 Å². The van der Waals surface area contributed by atoms with Crippen molar-refractivity contribution in [3.05, 3.63) is 78.1 Å². The Bertz CT molecular complexity index is 1030. The van der Waals surface area contributed by atoms with Gasteiger partial charge in [0, 0.05) is 5.39 Å². The van der Waals surface area contributed by atoms with E-state index in [0.29, 0.717) is 12.3 Å². The number of ether oxygens (including phenoxy) is 1. The van der Waals surface area contributed by atoms with Gasteiger partial charge in [-0.05, 0) is 23.8 Å². The molecule has 5 nitrogen and oxygen atoms in total. The Morgan fingerprint density at radius 3 is 2.60 bits per heavy atom. The SMILES string of the molecule is COC(=O)c1ccc(-c2c3ccccc3nn2Cc2ccccc2)o1. The van der Waals surface area contributed by atoms with Gasteiger partial charge in [0.25, 0.3) is 0 Å². The molecule has 25 heavy (non-hydrogen) atoms. The maximum Gasteiger partial charge on any atom is 0.373 e. The van der Waals surface area contributed by atoms with Crippen molar-refractivity contribution in [3.63, 3.8) is 0 Å². The van der Waals surface area contributed by atoms with Crippen molar-refractivity contribution < 1.29 is 13.9 Å². The lowest BCUT2D eigenvalue weighted by molar-refractivity contribution is 0.0566. The Labute approximate surface area is 144 Å². The number of carbonyl (C=O) groups is 1. The second-order valence-corrected chi connectivity index (χ2v) is 5.66. The molecule has 0 saturated carbocycles. The lowest BCUT2D eigenvalue weighted by Gasteiger charge is -2.06. The van der Waals surface area contributed by atoms with Crippen LogP contribution in [0.5, 0.6) is 0 Å². The summed E-state index contributed by atoms with van der Waals surface area (Å²) in [6.45, 7) is 0.610. The highest BCUT2D eigenvalue weighted by Gasteiger charge is 2.19. The Hall–Kier alpha value is -3.34. The van der Waals surface area contributed by atoms with E-state index < -0.39 is 5.97 Å². The first kappa shape index (κ1) is 15.2. The van der Waals surface area contributed by atoms with Crippen molar-refractivity contribution in [2.75, 3.05) is 7.11 Å². The number of carbonyl (C=O) groups excluding carboxylic acids is 1. The molecule has 0 radical (unpaired) electrons. The lowest BCUT2D eigenvalue weighted by atomic mass is 10.1. The van der Waals surface area contributed by atoms with Crippen molar-refractivity contribution in [3.8, 4) is 11.5 Å². The number of aromatic nitrogens is 2. The number of furan rings is 1. The molecule has 0 N–H and O–H groups in total. The van der Waals surface area contributed by atoms with Gasteiger partial charge in [0.2, 0.25) is 5.76 Å². The van der Waals surface area contributed by atoms with Gasteiger partial charge in [-0.2, -0.15) is 5.10 Å². The fourth-order valence-corrected chi connectivity index (χ4v) is 2.89. The summed E-state index contributed by atoms with van der Waals surface area (Å²) < 4.78 is 12.4. The minimum atomic E-state index is -0.496. The Kier molecular flexibility index (Phi) is 3.82. The lowest BCUT2D eigenvalue weighted by Crippen LogP contribution is -2.03. The zero-order chi connectivity index (χ0) is 17.2. The third-order valence-corrected chi connectivity index (χ3v) is 4.05. The van der Waals surface area contributed by atoms with Crippen molar-refractivity contribution in [2.24, 2.45) is 0 Å². The maximum atomic E-state index is 11.7. The molecule has 0 aliphatic heterocycles. The summed E-state index contributed by atoms with van der Waals surface area (Å²) in [6, 6.07) is 21.4. The predicted octanol–water partition coefficient (Wildman–Crippen LogP) is 4.13. The van der Waals surface area contributed by atoms with Gasteiger partial charge in [0.1, 0.15) is 5.69 Å². The van der Waals surface area contributed by atoms with E-state index in [1.807, 2.05) is 47.1 Å². The van der Waals surface area contributed by atoms with Crippen LogP contribution in [0.2, 0.25) is 0 Å². The van der Waals surface area contributed by atoms with E-state index in [-0.39, 0.29) is 5.76 Å². The van der Waals surface area contributed by atoms with Gasteiger partial charge >= 0.3 is 5.97 Å². The summed E-state index contributed by atoms with van der Waals surface area (Å²) >= 11 is 0. The van der Waals surface area contributed by atoms with Crippen LogP contribution in [0.3, 0.4) is 0 Å². The van der Waals surface area contributed by atoms with E-state index in [1.165, 1.54) is 7.11 Å². The van der Waals surface area contributed by atoms with Crippen LogP contribution in [0, 0.1) is 0 Å². The molecule has 2 aromatic carbocycles. The van der Waals surface area contributed by atoms with Crippen LogP contribution < -0.4 is 0 Å². The molecule has 0 spiro atoms. The zero-order valence-electron chi connectivity index (χ0n) is 13.7. The fraction of sp³-hybridized carbons (Fsp3) is 0.100. The quantitative estimate of drug-likeness (QED) is 0.527. The second-order valence-electron chi connectivity index (χ2n) is 5.66. The smallest absolute Gasteiger partial charge is 0.373 e. The molecule has 0 aliphatic carbocycles. The van der Waals surface area contributed by atoms with E-state index in [2.05, 4.69) is 12.1 Å². The molecule has 0 bridgehead atoms. The maximum absolute atomic E-state index is 11.7. The molecule has 0 aliphatic rings. The number of nitrogens with zero attached hydrogens (tertiary/aromatic N) is 2. The minimum absolute atomic E-state index is 0.175. The monoisotopic (exact) mass is 332 g/mol. The summed E-state index contributed by atoms with van der Waals surface area (Å²) in [5.41, 5.74) is 2.86. The first-order valence-electron chi connectivity index (χ1n) is 7.94. The number of benzene rings is 2. The van der Waals surface area contributed by atoms with Crippen LogP contribution in [0.15, 0.2) is 71.1 Å². The average Bonchev–Trinajstić information content (AvgIpc) is 3.26. The Morgan fingerprint density at radius 1 is 1.04 bits per heavy atom. The molecular weight excluding hydrogens is 316 g/mol. The van der Waals surface area contributed by atoms with Crippen molar-refractivity contribution in [1.82, 2.24) is 9.78 Å². The Balaban J connectivity index is 1.85. The molecule has 0 unspecified atom stereocenters. The van der Waals surface area contributed by atoms with Gasteiger partial charge in [0.15, 0.2) is 5.76 Å². The fourth-order valence-electron chi connectivity index (χ4n) is 2.89. The summed E-state index contributed by atoms with van der Waals surface area (Å²) in [4.78, 5) is 11.7. The molecule has 124 valence electrons. The molecule has 0 fully saturated rings.